The minimum absolute atomic E-state index is 0.0781. The summed E-state index contributed by atoms with van der Waals surface area (Å²) in [6, 6.07) is 16.9. The predicted molar refractivity (Wildman–Crippen MR) is 171 cm³/mol. The van der Waals surface area contributed by atoms with E-state index in [9.17, 15) is 18.8 Å². The summed E-state index contributed by atoms with van der Waals surface area (Å²) in [5.41, 5.74) is 2.86. The molecule has 2 aliphatic carbocycles. The quantitative estimate of drug-likeness (QED) is 0.255. The lowest BCUT2D eigenvalue weighted by atomic mass is 9.82. The third kappa shape index (κ3) is 6.42. The molecule has 0 amide bonds. The molecule has 7 rings (SSSR count). The topological polar surface area (TPSA) is 86.4 Å². The van der Waals surface area contributed by atoms with Crippen molar-refractivity contribution in [1.82, 2.24) is 19.0 Å². The van der Waals surface area contributed by atoms with Crippen LogP contribution in [0.2, 0.25) is 0 Å². The number of nitrogens with zero attached hydrogens (tertiary/aromatic N) is 4. The van der Waals surface area contributed by atoms with Crippen molar-refractivity contribution in [3.63, 3.8) is 0 Å². The van der Waals surface area contributed by atoms with E-state index in [-0.39, 0.29) is 28.9 Å². The Morgan fingerprint density at radius 2 is 1.71 bits per heavy atom. The van der Waals surface area contributed by atoms with Crippen LogP contribution >= 0.6 is 0 Å². The molecule has 9 heteroatoms. The van der Waals surface area contributed by atoms with E-state index >= 15 is 0 Å². The molecule has 3 aliphatic rings. The van der Waals surface area contributed by atoms with E-state index in [0.29, 0.717) is 30.7 Å². The Bertz CT molecular complexity index is 1810. The molecule has 1 aliphatic heterocycles. The molecule has 0 unspecified atom stereocenters. The highest BCUT2D eigenvalue weighted by molar-refractivity contribution is 5.83. The van der Waals surface area contributed by atoms with Crippen molar-refractivity contribution < 1.29 is 13.9 Å². The van der Waals surface area contributed by atoms with Crippen LogP contribution in [0.1, 0.15) is 63.0 Å². The van der Waals surface area contributed by atoms with Crippen LogP contribution in [-0.2, 0) is 16.1 Å². The van der Waals surface area contributed by atoms with Crippen molar-refractivity contribution in [1.29, 1.82) is 0 Å². The average Bonchev–Trinajstić information content (AvgIpc) is 3.92. The van der Waals surface area contributed by atoms with Crippen molar-refractivity contribution in [2.45, 2.75) is 64.0 Å². The normalized spacial score (nSPS) is 21.1. The number of fused-ring (bicyclic) bond motifs is 1. The molecule has 8 nitrogen and oxygen atoms in total. The molecule has 45 heavy (non-hydrogen) atoms. The Hall–Kier alpha value is -3.95. The maximum Gasteiger partial charge on any atom is 0.337 e. The summed E-state index contributed by atoms with van der Waals surface area (Å²) in [5.74, 6) is 0.259. The fourth-order valence-corrected chi connectivity index (χ4v) is 7.04. The number of ether oxygens (including phenoxy) is 1. The molecule has 1 saturated heterocycles. The van der Waals surface area contributed by atoms with Crippen molar-refractivity contribution >= 4 is 16.8 Å². The highest BCUT2D eigenvalue weighted by atomic mass is 19.1. The molecule has 2 saturated carbocycles. The van der Waals surface area contributed by atoms with Gasteiger partial charge in [0.05, 0.1) is 23.9 Å². The summed E-state index contributed by atoms with van der Waals surface area (Å²) < 4.78 is 22.7. The van der Waals surface area contributed by atoms with Crippen molar-refractivity contribution in [3.8, 4) is 16.8 Å². The minimum Gasteiger partial charge on any atom is -0.380 e. The minimum atomic E-state index is -0.625. The summed E-state index contributed by atoms with van der Waals surface area (Å²) in [6.45, 7) is 4.39. The van der Waals surface area contributed by atoms with Gasteiger partial charge in [-0.05, 0) is 85.8 Å². The summed E-state index contributed by atoms with van der Waals surface area (Å²) in [7, 11) is 0. The number of hydrogen-bond donors (Lipinski definition) is 0. The number of aromatic nitrogens is 3. The number of benzene rings is 2. The zero-order chi connectivity index (χ0) is 30.9. The summed E-state index contributed by atoms with van der Waals surface area (Å²) in [4.78, 5) is 46.9. The van der Waals surface area contributed by atoms with Gasteiger partial charge in [-0.25, -0.2) is 18.7 Å². The fourth-order valence-electron chi connectivity index (χ4n) is 7.04. The lowest BCUT2D eigenvalue weighted by Crippen LogP contribution is -2.43. The van der Waals surface area contributed by atoms with Gasteiger partial charge in [0.2, 0.25) is 0 Å². The molecule has 2 aromatic carbocycles. The van der Waals surface area contributed by atoms with E-state index in [1.807, 2.05) is 24.3 Å². The number of Topliss-reactive ketones (excluding diaryl/α,β-unsaturated/α-hetero) is 1. The first-order valence-corrected chi connectivity index (χ1v) is 16.3. The van der Waals surface area contributed by atoms with Gasteiger partial charge in [-0.3, -0.25) is 19.1 Å². The van der Waals surface area contributed by atoms with Crippen molar-refractivity contribution in [2.75, 3.05) is 26.3 Å². The Morgan fingerprint density at radius 3 is 2.49 bits per heavy atom. The van der Waals surface area contributed by atoms with Gasteiger partial charge < -0.3 is 4.74 Å². The summed E-state index contributed by atoms with van der Waals surface area (Å²) in [5, 5.41) is 0.0781. The molecule has 0 bridgehead atoms. The maximum atomic E-state index is 14.4. The molecule has 0 atom stereocenters. The molecule has 3 fully saturated rings. The molecule has 0 radical (unpaired) electrons. The van der Waals surface area contributed by atoms with E-state index in [2.05, 4.69) is 34.1 Å². The van der Waals surface area contributed by atoms with Crippen LogP contribution in [0.15, 0.2) is 70.4 Å². The van der Waals surface area contributed by atoms with Gasteiger partial charge in [0, 0.05) is 44.6 Å². The molecule has 234 valence electrons. The second-order valence-electron chi connectivity index (χ2n) is 12.9. The van der Waals surface area contributed by atoms with Gasteiger partial charge in [-0.2, -0.15) is 0 Å². The molecule has 4 aromatic rings. The third-order valence-electron chi connectivity index (χ3n) is 9.71. The molecule has 0 N–H and O–H groups in total. The van der Waals surface area contributed by atoms with Gasteiger partial charge in [0.15, 0.2) is 5.65 Å². The van der Waals surface area contributed by atoms with Crippen LogP contribution in [0.5, 0.6) is 0 Å². The Morgan fingerprint density at radius 1 is 0.911 bits per heavy atom. The number of hydrogen-bond acceptors (Lipinski definition) is 6. The fraction of sp³-hybridized carbons (Fsp3) is 0.444. The van der Waals surface area contributed by atoms with Gasteiger partial charge in [-0.15, -0.1) is 0 Å². The van der Waals surface area contributed by atoms with E-state index in [1.165, 1.54) is 20.8 Å². The molecule has 3 heterocycles. The van der Waals surface area contributed by atoms with E-state index in [4.69, 9.17) is 4.74 Å². The maximum absolute atomic E-state index is 14.4. The van der Waals surface area contributed by atoms with Gasteiger partial charge >= 0.3 is 5.69 Å². The third-order valence-corrected chi connectivity index (χ3v) is 9.71. The van der Waals surface area contributed by atoms with E-state index in [0.717, 1.165) is 82.3 Å². The number of carbonyl (C=O) groups excluding carboxylic acids is 1. The number of ketones is 1. The zero-order valence-electron chi connectivity index (χ0n) is 25.5. The smallest absolute Gasteiger partial charge is 0.337 e. The Kier molecular flexibility index (Phi) is 8.47. The average molecular weight is 611 g/mol. The molecular weight excluding hydrogens is 571 g/mol. The predicted octanol–water partition coefficient (Wildman–Crippen LogP) is 5.68. The van der Waals surface area contributed by atoms with Crippen LogP contribution in [0, 0.1) is 17.7 Å². The first kappa shape index (κ1) is 29.7. The molecular formula is C36H39FN4O4. The van der Waals surface area contributed by atoms with Crippen LogP contribution < -0.4 is 11.2 Å². The standard InChI is InChI=1S/C36H39FN4O4/c37-29-21-32-34(38-22-29)40(36(44)41(35(32)43)30-13-7-24(8-14-30)19-33(42)27-11-12-27)31-4-1-3-28(20-31)26-9-5-25(6-10-26)23-39-15-2-17-45-18-16-39/h1,3-6,9-10,20-22,24,27,30H,2,7-8,11-19,23H2. The Balaban J connectivity index is 1.19. The number of rotatable bonds is 8. The largest absolute Gasteiger partial charge is 0.380 e. The first-order valence-electron chi connectivity index (χ1n) is 16.3. The monoisotopic (exact) mass is 610 g/mol. The second kappa shape index (κ2) is 12.8. The van der Waals surface area contributed by atoms with Crippen LogP contribution in [0.3, 0.4) is 0 Å². The zero-order valence-corrected chi connectivity index (χ0v) is 25.5. The van der Waals surface area contributed by atoms with Crippen molar-refractivity contribution in [3.05, 3.63) is 93.0 Å². The van der Waals surface area contributed by atoms with Gasteiger partial charge in [0.25, 0.3) is 5.56 Å². The summed E-state index contributed by atoms with van der Waals surface area (Å²) in [6.07, 6.45) is 7.50. The molecule has 2 aromatic heterocycles. The lowest BCUT2D eigenvalue weighted by Gasteiger charge is -2.29. The van der Waals surface area contributed by atoms with Gasteiger partial charge in [0.1, 0.15) is 11.6 Å². The highest BCUT2D eigenvalue weighted by Gasteiger charge is 2.33. The van der Waals surface area contributed by atoms with Crippen LogP contribution in [-0.4, -0.2) is 51.1 Å². The highest BCUT2D eigenvalue weighted by Crippen LogP contribution is 2.37. The summed E-state index contributed by atoms with van der Waals surface area (Å²) >= 11 is 0. The lowest BCUT2D eigenvalue weighted by molar-refractivity contribution is -0.121. The van der Waals surface area contributed by atoms with Crippen molar-refractivity contribution in [2.24, 2.45) is 11.8 Å². The van der Waals surface area contributed by atoms with Crippen LogP contribution in [0.4, 0.5) is 4.39 Å². The van der Waals surface area contributed by atoms with E-state index in [1.54, 1.807) is 0 Å². The van der Waals surface area contributed by atoms with Gasteiger partial charge in [-0.1, -0.05) is 36.4 Å². The van der Waals surface area contributed by atoms with Crippen LogP contribution in [0.25, 0.3) is 27.8 Å². The number of halogens is 1. The first-order chi connectivity index (χ1) is 21.9. The Labute approximate surface area is 261 Å². The second-order valence-corrected chi connectivity index (χ2v) is 12.9. The molecule has 0 spiro atoms. The number of pyridine rings is 1. The van der Waals surface area contributed by atoms with E-state index < -0.39 is 17.1 Å². The number of carbonyl (C=O) groups is 1. The SMILES string of the molecule is O=C(CC1CCC(n2c(=O)c3cc(F)cnc3n(-c3cccc(-c4ccc(CN5CCCOCC5)cc4)c3)c2=O)CC1)C1CC1.